The molecule has 0 aliphatic carbocycles. The Morgan fingerprint density at radius 2 is 2.09 bits per heavy atom. The molecule has 0 unspecified atom stereocenters. The van der Waals surface area contributed by atoms with Crippen LogP contribution in [0.25, 0.3) is 28.2 Å². The van der Waals surface area contributed by atoms with E-state index in [-0.39, 0.29) is 0 Å². The van der Waals surface area contributed by atoms with Gasteiger partial charge < -0.3 is 4.57 Å². The molecule has 4 rings (SSSR count). The van der Waals surface area contributed by atoms with Crippen molar-refractivity contribution in [3.05, 3.63) is 42.4 Å². The molecule has 5 nitrogen and oxygen atoms in total. The van der Waals surface area contributed by atoms with Gasteiger partial charge in [0.05, 0.1) is 17.2 Å². The molecular weight excluding hydrogens is 306 g/mol. The maximum absolute atomic E-state index is 4.82. The first-order valence-electron chi connectivity index (χ1n) is 7.58. The number of hydrogen-bond acceptors (Lipinski definition) is 4. The Morgan fingerprint density at radius 1 is 1.22 bits per heavy atom. The van der Waals surface area contributed by atoms with Crippen LogP contribution >= 0.6 is 11.8 Å². The number of aromatic nitrogens is 5. The van der Waals surface area contributed by atoms with Crippen LogP contribution in [0.2, 0.25) is 0 Å². The highest BCUT2D eigenvalue weighted by molar-refractivity contribution is 7.99. The lowest BCUT2D eigenvalue weighted by Gasteiger charge is -2.03. The third-order valence-electron chi connectivity index (χ3n) is 3.88. The number of aryl methyl sites for hydroxylation is 2. The van der Waals surface area contributed by atoms with Gasteiger partial charge in [-0.3, -0.25) is 9.38 Å². The first-order chi connectivity index (χ1) is 11.2. The molecule has 0 N–H and O–H groups in total. The second-order valence-corrected chi connectivity index (χ2v) is 6.69. The van der Waals surface area contributed by atoms with Crippen molar-refractivity contribution in [3.8, 4) is 11.5 Å². The third-order valence-corrected chi connectivity index (χ3v) is 4.84. The summed E-state index contributed by atoms with van der Waals surface area (Å²) in [5, 5.41) is 1.13. The number of hydrogen-bond donors (Lipinski definition) is 0. The van der Waals surface area contributed by atoms with E-state index in [9.17, 15) is 0 Å². The maximum atomic E-state index is 4.82. The van der Waals surface area contributed by atoms with Gasteiger partial charge in [-0.15, -0.1) is 11.8 Å². The molecule has 0 radical (unpaired) electrons. The molecule has 0 bridgehead atoms. The van der Waals surface area contributed by atoms with Crippen molar-refractivity contribution < 1.29 is 0 Å². The molecule has 4 aromatic heterocycles. The van der Waals surface area contributed by atoms with Crippen LogP contribution in [0.1, 0.15) is 12.6 Å². The van der Waals surface area contributed by atoms with Gasteiger partial charge in [-0.2, -0.15) is 0 Å². The molecule has 0 amide bonds. The van der Waals surface area contributed by atoms with E-state index in [4.69, 9.17) is 9.97 Å². The van der Waals surface area contributed by atoms with Gasteiger partial charge in [0.15, 0.2) is 5.82 Å². The molecule has 4 aromatic rings. The minimum atomic E-state index is 0.882. The number of nitrogens with zero attached hydrogens (tertiary/aromatic N) is 5. The van der Waals surface area contributed by atoms with Crippen LogP contribution < -0.4 is 0 Å². The van der Waals surface area contributed by atoms with Crippen molar-refractivity contribution in [2.75, 3.05) is 5.75 Å². The molecule has 4 heterocycles. The first-order valence-corrected chi connectivity index (χ1v) is 8.57. The van der Waals surface area contributed by atoms with Crippen LogP contribution in [-0.4, -0.2) is 29.7 Å². The molecule has 116 valence electrons. The summed E-state index contributed by atoms with van der Waals surface area (Å²) in [5.41, 5.74) is 4.83. The fourth-order valence-electron chi connectivity index (χ4n) is 2.79. The summed E-state index contributed by atoms with van der Waals surface area (Å²) < 4.78 is 4.20. The third kappa shape index (κ3) is 2.21. The highest BCUT2D eigenvalue weighted by Gasteiger charge is 2.19. The Morgan fingerprint density at radius 3 is 2.91 bits per heavy atom. The van der Waals surface area contributed by atoms with Gasteiger partial charge >= 0.3 is 0 Å². The van der Waals surface area contributed by atoms with Gasteiger partial charge in [0.1, 0.15) is 16.4 Å². The van der Waals surface area contributed by atoms with Crippen LogP contribution in [0.5, 0.6) is 0 Å². The van der Waals surface area contributed by atoms with Crippen LogP contribution in [-0.2, 0) is 7.05 Å². The van der Waals surface area contributed by atoms with Crippen LogP contribution in [0, 0.1) is 6.92 Å². The lowest BCUT2D eigenvalue weighted by molar-refractivity contribution is 0.938. The lowest BCUT2D eigenvalue weighted by Crippen LogP contribution is -1.95. The van der Waals surface area contributed by atoms with E-state index in [1.54, 1.807) is 11.8 Å². The van der Waals surface area contributed by atoms with Gasteiger partial charge in [0, 0.05) is 18.9 Å². The molecule has 0 aliphatic heterocycles. The zero-order chi connectivity index (χ0) is 16.0. The quantitative estimate of drug-likeness (QED) is 0.539. The predicted octanol–water partition coefficient (Wildman–Crippen LogP) is 3.70. The van der Waals surface area contributed by atoms with Crippen molar-refractivity contribution in [1.29, 1.82) is 0 Å². The monoisotopic (exact) mass is 323 g/mol. The van der Waals surface area contributed by atoms with Gasteiger partial charge in [-0.05, 0) is 30.9 Å². The zero-order valence-electron chi connectivity index (χ0n) is 13.3. The summed E-state index contributed by atoms with van der Waals surface area (Å²) in [5.74, 6) is 1.87. The Bertz CT molecular complexity index is 1010. The van der Waals surface area contributed by atoms with E-state index in [2.05, 4.69) is 27.1 Å². The summed E-state index contributed by atoms with van der Waals surface area (Å²) in [4.78, 5) is 14.0. The fourth-order valence-corrected chi connectivity index (χ4v) is 3.64. The summed E-state index contributed by atoms with van der Waals surface area (Å²) in [7, 11) is 2.02. The van der Waals surface area contributed by atoms with E-state index in [1.807, 2.05) is 44.4 Å². The molecule has 0 fully saturated rings. The van der Waals surface area contributed by atoms with Gasteiger partial charge in [-0.25, -0.2) is 9.97 Å². The highest BCUT2D eigenvalue weighted by atomic mass is 32.2. The molecule has 0 saturated heterocycles. The summed E-state index contributed by atoms with van der Waals surface area (Å²) in [6.45, 7) is 4.13. The van der Waals surface area contributed by atoms with Crippen molar-refractivity contribution in [1.82, 2.24) is 23.9 Å². The van der Waals surface area contributed by atoms with Gasteiger partial charge in [-0.1, -0.05) is 13.0 Å². The van der Waals surface area contributed by atoms with Crippen molar-refractivity contribution in [2.24, 2.45) is 7.05 Å². The number of fused-ring (bicyclic) bond motifs is 2. The molecule has 0 atom stereocenters. The molecule has 0 aromatic carbocycles. The fraction of sp³-hybridized carbons (Fsp3) is 0.235. The second-order valence-electron chi connectivity index (χ2n) is 5.44. The van der Waals surface area contributed by atoms with Crippen LogP contribution in [0.4, 0.5) is 0 Å². The van der Waals surface area contributed by atoms with E-state index in [1.165, 1.54) is 0 Å². The number of pyridine rings is 2. The topological polar surface area (TPSA) is 48.0 Å². The zero-order valence-corrected chi connectivity index (χ0v) is 14.1. The Kier molecular flexibility index (Phi) is 3.34. The van der Waals surface area contributed by atoms with Crippen molar-refractivity contribution in [3.63, 3.8) is 0 Å². The molecule has 0 saturated carbocycles. The Balaban J connectivity index is 2.02. The summed E-state index contributed by atoms with van der Waals surface area (Å²) in [6.07, 6.45) is 3.93. The summed E-state index contributed by atoms with van der Waals surface area (Å²) >= 11 is 1.79. The average Bonchev–Trinajstić information content (AvgIpc) is 3.06. The lowest BCUT2D eigenvalue weighted by atomic mass is 10.3. The highest BCUT2D eigenvalue weighted by Crippen LogP contribution is 2.32. The van der Waals surface area contributed by atoms with Crippen molar-refractivity contribution >= 4 is 28.4 Å². The molecular formula is C17H17N5S. The van der Waals surface area contributed by atoms with Crippen LogP contribution in [0.15, 0.2) is 41.7 Å². The normalized spacial score (nSPS) is 11.6. The smallest absolute Gasteiger partial charge is 0.162 e. The minimum absolute atomic E-state index is 0.882. The van der Waals surface area contributed by atoms with Crippen LogP contribution in [0.3, 0.4) is 0 Å². The molecule has 0 spiro atoms. The van der Waals surface area contributed by atoms with Gasteiger partial charge in [0.2, 0.25) is 0 Å². The predicted molar refractivity (Wildman–Crippen MR) is 93.8 cm³/mol. The van der Waals surface area contributed by atoms with E-state index in [0.717, 1.165) is 44.7 Å². The minimum Gasteiger partial charge on any atom is -0.324 e. The largest absolute Gasteiger partial charge is 0.324 e. The van der Waals surface area contributed by atoms with E-state index >= 15 is 0 Å². The molecule has 23 heavy (non-hydrogen) atoms. The van der Waals surface area contributed by atoms with E-state index in [0.29, 0.717) is 0 Å². The summed E-state index contributed by atoms with van der Waals surface area (Å²) in [6, 6.07) is 8.08. The van der Waals surface area contributed by atoms with E-state index < -0.39 is 0 Å². The maximum Gasteiger partial charge on any atom is 0.162 e. The SMILES string of the molecule is CCSc1c(-c2nc3cc(C)ncc3n2C)nc2ccccn12. The molecule has 6 heteroatoms. The second kappa shape index (κ2) is 5.38. The number of rotatable bonds is 3. The Labute approximate surface area is 138 Å². The number of imidazole rings is 2. The first kappa shape index (κ1) is 14.3. The standard InChI is InChI=1S/C17H17N5S/c1-4-23-17-15(20-14-7-5-6-8-22(14)17)16-19-12-9-11(2)18-10-13(12)21(16)3/h5-10H,4H2,1-3H3. The van der Waals surface area contributed by atoms with Gasteiger partial charge in [0.25, 0.3) is 0 Å². The van der Waals surface area contributed by atoms with Crippen molar-refractivity contribution in [2.45, 2.75) is 18.9 Å². The molecule has 0 aliphatic rings. The average molecular weight is 323 g/mol. The Hall–Kier alpha value is -2.34. The number of thioether (sulfide) groups is 1.